The number of nitrogens with zero attached hydrogens (tertiary/aromatic N) is 1. The summed E-state index contributed by atoms with van der Waals surface area (Å²) in [5.41, 5.74) is 1.23. The summed E-state index contributed by atoms with van der Waals surface area (Å²) in [4.78, 5) is 0. The van der Waals surface area contributed by atoms with Gasteiger partial charge in [-0.25, -0.2) is 13.1 Å². The van der Waals surface area contributed by atoms with Gasteiger partial charge in [0.15, 0.2) is 0 Å². The summed E-state index contributed by atoms with van der Waals surface area (Å²) in [6, 6.07) is 9.00. The van der Waals surface area contributed by atoms with Gasteiger partial charge in [-0.05, 0) is 44.0 Å². The van der Waals surface area contributed by atoms with Gasteiger partial charge < -0.3 is 5.32 Å². The second-order valence-electron chi connectivity index (χ2n) is 5.26. The molecule has 1 fully saturated rings. The van der Waals surface area contributed by atoms with E-state index in [-0.39, 0.29) is 11.8 Å². The Labute approximate surface area is 120 Å². The van der Waals surface area contributed by atoms with Gasteiger partial charge in [0, 0.05) is 12.1 Å². The fourth-order valence-corrected chi connectivity index (χ4v) is 3.87. The predicted molar refractivity (Wildman–Crippen MR) is 77.4 cm³/mol. The van der Waals surface area contributed by atoms with Crippen molar-refractivity contribution in [2.75, 3.05) is 6.54 Å². The molecule has 2 atom stereocenters. The quantitative estimate of drug-likeness (QED) is 0.871. The molecule has 0 saturated carbocycles. The zero-order valence-corrected chi connectivity index (χ0v) is 12.3. The monoisotopic (exact) mass is 293 g/mol. The van der Waals surface area contributed by atoms with Crippen LogP contribution in [0.25, 0.3) is 0 Å². The molecule has 0 aromatic heterocycles. The van der Waals surface area contributed by atoms with Crippen molar-refractivity contribution >= 4 is 10.0 Å². The van der Waals surface area contributed by atoms with Crippen molar-refractivity contribution in [3.05, 3.63) is 35.4 Å². The topological polar surface area (TPSA) is 82.0 Å². The molecule has 108 valence electrons. The third kappa shape index (κ3) is 4.30. The SMILES string of the molecule is CC1CC(NS(=O)(=O)Cc2ccc(C#N)cc2)CCN1. The lowest BCUT2D eigenvalue weighted by atomic mass is 10.0. The fourth-order valence-electron chi connectivity index (χ4n) is 2.43. The van der Waals surface area contributed by atoms with E-state index in [0.717, 1.165) is 19.4 Å². The first-order chi connectivity index (χ1) is 9.48. The lowest BCUT2D eigenvalue weighted by Gasteiger charge is -2.28. The fraction of sp³-hybridized carbons (Fsp3) is 0.500. The molecular formula is C14H19N3O2S. The Morgan fingerprint density at radius 3 is 2.70 bits per heavy atom. The molecule has 0 bridgehead atoms. The van der Waals surface area contributed by atoms with Crippen LogP contribution in [0, 0.1) is 11.3 Å². The van der Waals surface area contributed by atoms with E-state index in [1.54, 1.807) is 24.3 Å². The smallest absolute Gasteiger partial charge is 0.216 e. The number of sulfonamides is 1. The van der Waals surface area contributed by atoms with E-state index in [0.29, 0.717) is 17.2 Å². The van der Waals surface area contributed by atoms with Crippen molar-refractivity contribution in [3.8, 4) is 6.07 Å². The highest BCUT2D eigenvalue weighted by molar-refractivity contribution is 7.88. The van der Waals surface area contributed by atoms with Crippen molar-refractivity contribution in [3.63, 3.8) is 0 Å². The molecule has 1 aromatic rings. The third-order valence-electron chi connectivity index (χ3n) is 3.41. The normalized spacial score (nSPS) is 23.2. The molecule has 20 heavy (non-hydrogen) atoms. The molecule has 0 spiro atoms. The lowest BCUT2D eigenvalue weighted by molar-refractivity contribution is 0.361. The van der Waals surface area contributed by atoms with Crippen LogP contribution in [0.15, 0.2) is 24.3 Å². The van der Waals surface area contributed by atoms with E-state index in [1.807, 2.05) is 6.07 Å². The zero-order valence-electron chi connectivity index (χ0n) is 11.5. The number of rotatable bonds is 4. The largest absolute Gasteiger partial charge is 0.314 e. The number of benzene rings is 1. The first kappa shape index (κ1) is 15.0. The van der Waals surface area contributed by atoms with Crippen LogP contribution in [0.5, 0.6) is 0 Å². The molecule has 2 unspecified atom stereocenters. The maximum atomic E-state index is 12.1. The van der Waals surface area contributed by atoms with Crippen LogP contribution in [0.3, 0.4) is 0 Å². The van der Waals surface area contributed by atoms with Crippen molar-refractivity contribution in [1.82, 2.24) is 10.0 Å². The molecule has 1 aromatic carbocycles. The van der Waals surface area contributed by atoms with Crippen LogP contribution in [0.4, 0.5) is 0 Å². The number of hydrogen-bond acceptors (Lipinski definition) is 4. The molecule has 0 aliphatic carbocycles. The number of nitrogens with one attached hydrogen (secondary N) is 2. The Morgan fingerprint density at radius 2 is 2.10 bits per heavy atom. The van der Waals surface area contributed by atoms with Crippen molar-refractivity contribution < 1.29 is 8.42 Å². The first-order valence-corrected chi connectivity index (χ1v) is 8.36. The minimum atomic E-state index is -3.34. The molecular weight excluding hydrogens is 274 g/mol. The molecule has 6 heteroatoms. The molecule has 0 radical (unpaired) electrons. The molecule has 1 aliphatic rings. The highest BCUT2D eigenvalue weighted by Gasteiger charge is 2.23. The number of piperidine rings is 1. The van der Waals surface area contributed by atoms with Gasteiger partial charge in [0.1, 0.15) is 0 Å². The van der Waals surface area contributed by atoms with E-state index in [9.17, 15) is 8.42 Å². The third-order valence-corrected chi connectivity index (χ3v) is 4.82. The van der Waals surface area contributed by atoms with Crippen molar-refractivity contribution in [2.24, 2.45) is 0 Å². The minimum Gasteiger partial charge on any atom is -0.314 e. The van der Waals surface area contributed by atoms with Gasteiger partial charge in [-0.2, -0.15) is 5.26 Å². The Kier molecular flexibility index (Phi) is 4.76. The maximum Gasteiger partial charge on any atom is 0.216 e. The van der Waals surface area contributed by atoms with Gasteiger partial charge >= 0.3 is 0 Å². The highest BCUT2D eigenvalue weighted by Crippen LogP contribution is 2.12. The van der Waals surface area contributed by atoms with Crippen molar-refractivity contribution in [1.29, 1.82) is 5.26 Å². The van der Waals surface area contributed by atoms with Gasteiger partial charge in [0.2, 0.25) is 10.0 Å². The second kappa shape index (κ2) is 6.35. The molecule has 1 heterocycles. The summed E-state index contributed by atoms with van der Waals surface area (Å²) in [7, 11) is -3.34. The van der Waals surface area contributed by atoms with Crippen LogP contribution in [0.1, 0.15) is 30.9 Å². The summed E-state index contributed by atoms with van der Waals surface area (Å²) >= 11 is 0. The van der Waals surface area contributed by atoms with E-state index in [4.69, 9.17) is 5.26 Å². The summed E-state index contributed by atoms with van der Waals surface area (Å²) in [6.07, 6.45) is 1.63. The zero-order chi connectivity index (χ0) is 14.6. The highest BCUT2D eigenvalue weighted by atomic mass is 32.2. The molecule has 2 rings (SSSR count). The van der Waals surface area contributed by atoms with Gasteiger partial charge in [-0.1, -0.05) is 12.1 Å². The van der Waals surface area contributed by atoms with E-state index in [1.165, 1.54) is 0 Å². The average molecular weight is 293 g/mol. The van der Waals surface area contributed by atoms with E-state index >= 15 is 0 Å². The summed E-state index contributed by atoms with van der Waals surface area (Å²) < 4.78 is 27.0. The average Bonchev–Trinajstić information content (AvgIpc) is 2.38. The van der Waals surface area contributed by atoms with Gasteiger partial charge in [0.05, 0.1) is 17.4 Å². The first-order valence-electron chi connectivity index (χ1n) is 6.71. The van der Waals surface area contributed by atoms with Crippen LogP contribution in [0.2, 0.25) is 0 Å². The van der Waals surface area contributed by atoms with Crippen LogP contribution in [-0.4, -0.2) is 27.0 Å². The maximum absolute atomic E-state index is 12.1. The molecule has 0 amide bonds. The molecule has 2 N–H and O–H groups in total. The predicted octanol–water partition coefficient (Wildman–Crippen LogP) is 1.12. The van der Waals surface area contributed by atoms with Gasteiger partial charge in [-0.3, -0.25) is 0 Å². The van der Waals surface area contributed by atoms with Crippen molar-refractivity contribution in [2.45, 2.75) is 37.6 Å². The molecule has 1 aliphatic heterocycles. The summed E-state index contributed by atoms with van der Waals surface area (Å²) in [5, 5.41) is 12.0. The molecule has 5 nitrogen and oxygen atoms in total. The van der Waals surface area contributed by atoms with Crippen LogP contribution < -0.4 is 10.0 Å². The Hall–Kier alpha value is -1.42. The summed E-state index contributed by atoms with van der Waals surface area (Å²) in [6.45, 7) is 2.90. The number of hydrogen-bond donors (Lipinski definition) is 2. The van der Waals surface area contributed by atoms with E-state index in [2.05, 4.69) is 17.0 Å². The minimum absolute atomic E-state index is 0.00892. The van der Waals surface area contributed by atoms with Crippen LogP contribution >= 0.6 is 0 Å². The Bertz CT molecular complexity index is 590. The standard InChI is InChI=1S/C14H19N3O2S/c1-11-8-14(6-7-16-11)17-20(18,19)10-13-4-2-12(9-15)3-5-13/h2-5,11,14,16-17H,6-8,10H2,1H3. The second-order valence-corrected chi connectivity index (χ2v) is 7.02. The van der Waals surface area contributed by atoms with Crippen LogP contribution in [-0.2, 0) is 15.8 Å². The van der Waals surface area contributed by atoms with E-state index < -0.39 is 10.0 Å². The molecule has 1 saturated heterocycles. The Balaban J connectivity index is 1.98. The number of nitriles is 1. The lowest BCUT2D eigenvalue weighted by Crippen LogP contribution is -2.46. The Morgan fingerprint density at radius 1 is 1.40 bits per heavy atom. The summed E-state index contributed by atoms with van der Waals surface area (Å²) in [5.74, 6) is -0.0446. The van der Waals surface area contributed by atoms with Gasteiger partial charge in [-0.15, -0.1) is 0 Å². The van der Waals surface area contributed by atoms with Gasteiger partial charge in [0.25, 0.3) is 0 Å².